The number of piperidine rings is 1. The van der Waals surface area contributed by atoms with Gasteiger partial charge >= 0.3 is 0 Å². The highest BCUT2D eigenvalue weighted by Crippen LogP contribution is 2.43. The molecule has 1 heterocycles. The van der Waals surface area contributed by atoms with E-state index in [1.165, 1.54) is 49.0 Å². The van der Waals surface area contributed by atoms with Gasteiger partial charge in [-0.3, -0.25) is 4.90 Å². The number of rotatable bonds is 3. The normalized spacial score (nSPS) is 24.3. The molecule has 2 atom stereocenters. The van der Waals surface area contributed by atoms with Crippen LogP contribution in [0, 0.1) is 0 Å². The molecule has 4 rings (SSSR count). The van der Waals surface area contributed by atoms with Crippen LogP contribution in [0.3, 0.4) is 0 Å². The quantitative estimate of drug-likeness (QED) is 0.693. The van der Waals surface area contributed by atoms with Crippen molar-refractivity contribution < 1.29 is 4.74 Å². The lowest BCUT2D eigenvalue weighted by molar-refractivity contribution is 0.123. The molecule has 0 aromatic heterocycles. The summed E-state index contributed by atoms with van der Waals surface area (Å²) in [5, 5.41) is 0.900. The van der Waals surface area contributed by atoms with E-state index in [1.807, 2.05) is 12.1 Å². The van der Waals surface area contributed by atoms with Crippen LogP contribution in [0.1, 0.15) is 54.7 Å². The van der Waals surface area contributed by atoms with Gasteiger partial charge in [0, 0.05) is 11.1 Å². The molecule has 1 aliphatic carbocycles. The third-order valence-electron chi connectivity index (χ3n) is 6.47. The molecular formula is C23H28ClNO. The minimum Gasteiger partial charge on any atom is -0.496 e. The number of hydrogen-bond donors (Lipinski definition) is 0. The van der Waals surface area contributed by atoms with Crippen LogP contribution < -0.4 is 4.74 Å². The van der Waals surface area contributed by atoms with E-state index in [-0.39, 0.29) is 0 Å². The number of benzene rings is 2. The van der Waals surface area contributed by atoms with Crippen LogP contribution in [0.5, 0.6) is 5.75 Å². The first kappa shape index (κ1) is 17.9. The SMILES string of the molecule is COc1ccc(Cl)c2c1CCC(N1CCC(c3ccccc3)CC1)C2C. The summed E-state index contributed by atoms with van der Waals surface area (Å²) in [4.78, 5) is 2.71. The predicted octanol–water partition coefficient (Wildman–Crippen LogP) is 5.65. The zero-order valence-electron chi connectivity index (χ0n) is 15.7. The molecule has 0 spiro atoms. The Morgan fingerprint density at radius 2 is 1.73 bits per heavy atom. The highest BCUT2D eigenvalue weighted by Gasteiger charge is 2.35. The highest BCUT2D eigenvalue weighted by atomic mass is 35.5. The Morgan fingerprint density at radius 3 is 2.42 bits per heavy atom. The minimum atomic E-state index is 0.453. The number of hydrogen-bond acceptors (Lipinski definition) is 2. The number of nitrogens with zero attached hydrogens (tertiary/aromatic N) is 1. The summed E-state index contributed by atoms with van der Waals surface area (Å²) in [5.41, 5.74) is 4.14. The topological polar surface area (TPSA) is 12.5 Å². The second-order valence-corrected chi connectivity index (χ2v) is 8.16. The van der Waals surface area contributed by atoms with Crippen molar-refractivity contribution in [3.05, 3.63) is 64.2 Å². The van der Waals surface area contributed by atoms with Gasteiger partial charge in [0.2, 0.25) is 0 Å². The maximum atomic E-state index is 6.60. The van der Waals surface area contributed by atoms with Crippen molar-refractivity contribution in [1.82, 2.24) is 4.90 Å². The van der Waals surface area contributed by atoms with Crippen LogP contribution in [0.2, 0.25) is 5.02 Å². The van der Waals surface area contributed by atoms with Gasteiger partial charge in [0.25, 0.3) is 0 Å². The molecule has 2 nitrogen and oxygen atoms in total. The summed E-state index contributed by atoms with van der Waals surface area (Å²) in [5.74, 6) is 2.16. The number of methoxy groups -OCH3 is 1. The predicted molar refractivity (Wildman–Crippen MR) is 109 cm³/mol. The Bertz CT molecular complexity index is 752. The van der Waals surface area contributed by atoms with Crippen molar-refractivity contribution in [2.45, 2.75) is 50.5 Å². The zero-order chi connectivity index (χ0) is 18.1. The zero-order valence-corrected chi connectivity index (χ0v) is 16.5. The number of fused-ring (bicyclic) bond motifs is 1. The average molecular weight is 370 g/mol. The van der Waals surface area contributed by atoms with Crippen molar-refractivity contribution in [2.75, 3.05) is 20.2 Å². The molecule has 1 fully saturated rings. The lowest BCUT2D eigenvalue weighted by atomic mass is 9.78. The fourth-order valence-electron chi connectivity index (χ4n) is 5.08. The fraction of sp³-hybridized carbons (Fsp3) is 0.478. The largest absolute Gasteiger partial charge is 0.496 e. The van der Waals surface area contributed by atoms with Crippen molar-refractivity contribution in [2.24, 2.45) is 0 Å². The third kappa shape index (κ3) is 3.25. The third-order valence-corrected chi connectivity index (χ3v) is 6.80. The maximum absolute atomic E-state index is 6.60. The summed E-state index contributed by atoms with van der Waals surface area (Å²) in [6, 6.07) is 15.6. The molecule has 26 heavy (non-hydrogen) atoms. The highest BCUT2D eigenvalue weighted by molar-refractivity contribution is 6.31. The van der Waals surface area contributed by atoms with E-state index >= 15 is 0 Å². The first-order valence-electron chi connectivity index (χ1n) is 9.83. The molecular weight excluding hydrogens is 342 g/mol. The lowest BCUT2D eigenvalue weighted by Crippen LogP contribution is -2.45. The van der Waals surface area contributed by atoms with E-state index in [9.17, 15) is 0 Å². The molecule has 0 saturated carbocycles. The Hall–Kier alpha value is -1.51. The van der Waals surface area contributed by atoms with Gasteiger partial charge in [-0.1, -0.05) is 48.9 Å². The Labute approximate surface area is 162 Å². The average Bonchev–Trinajstić information content (AvgIpc) is 2.69. The second-order valence-electron chi connectivity index (χ2n) is 7.76. The van der Waals surface area contributed by atoms with Gasteiger partial charge in [0.15, 0.2) is 0 Å². The van der Waals surface area contributed by atoms with Gasteiger partial charge in [0.05, 0.1) is 7.11 Å². The van der Waals surface area contributed by atoms with Gasteiger partial charge < -0.3 is 4.74 Å². The van der Waals surface area contributed by atoms with Crippen LogP contribution >= 0.6 is 11.6 Å². The van der Waals surface area contributed by atoms with Crippen molar-refractivity contribution in [1.29, 1.82) is 0 Å². The van der Waals surface area contributed by atoms with E-state index in [2.05, 4.69) is 42.2 Å². The van der Waals surface area contributed by atoms with E-state index in [4.69, 9.17) is 16.3 Å². The molecule has 0 N–H and O–H groups in total. The molecule has 2 unspecified atom stereocenters. The Balaban J connectivity index is 1.49. The molecule has 1 aliphatic heterocycles. The summed E-state index contributed by atoms with van der Waals surface area (Å²) >= 11 is 6.60. The smallest absolute Gasteiger partial charge is 0.122 e. The van der Waals surface area contributed by atoms with Gasteiger partial charge in [-0.25, -0.2) is 0 Å². The van der Waals surface area contributed by atoms with Crippen LogP contribution in [0.15, 0.2) is 42.5 Å². The summed E-state index contributed by atoms with van der Waals surface area (Å²) in [6.07, 6.45) is 4.77. The molecule has 3 heteroatoms. The van der Waals surface area contributed by atoms with Gasteiger partial charge in [0.1, 0.15) is 5.75 Å². The molecule has 2 aliphatic rings. The molecule has 2 aromatic carbocycles. The first-order valence-corrected chi connectivity index (χ1v) is 10.2. The van der Waals surface area contributed by atoms with Gasteiger partial charge in [-0.2, -0.15) is 0 Å². The van der Waals surface area contributed by atoms with Crippen molar-refractivity contribution in [3.8, 4) is 5.75 Å². The molecule has 0 bridgehead atoms. The number of likely N-dealkylation sites (tertiary alicyclic amines) is 1. The van der Waals surface area contributed by atoms with Gasteiger partial charge in [-0.05, 0) is 79.4 Å². The Kier molecular flexibility index (Phi) is 5.24. The molecule has 2 aromatic rings. The van der Waals surface area contributed by atoms with Crippen LogP contribution in [0.25, 0.3) is 0 Å². The molecule has 138 valence electrons. The monoisotopic (exact) mass is 369 g/mol. The standard InChI is InChI=1S/C23H28ClNO/c1-16-21(10-8-19-22(26-2)11-9-20(24)23(16)19)25-14-12-18(13-15-25)17-6-4-3-5-7-17/h3-7,9,11,16,18,21H,8,10,12-15H2,1-2H3. The van der Waals surface area contributed by atoms with E-state index in [1.54, 1.807) is 7.11 Å². The second kappa shape index (κ2) is 7.62. The Morgan fingerprint density at radius 1 is 1.00 bits per heavy atom. The van der Waals surface area contributed by atoms with Crippen molar-refractivity contribution in [3.63, 3.8) is 0 Å². The lowest BCUT2D eigenvalue weighted by Gasteiger charge is -2.43. The first-order chi connectivity index (χ1) is 12.7. The van der Waals surface area contributed by atoms with Crippen LogP contribution in [-0.2, 0) is 6.42 Å². The maximum Gasteiger partial charge on any atom is 0.122 e. The fourth-order valence-corrected chi connectivity index (χ4v) is 5.43. The van der Waals surface area contributed by atoms with E-state index < -0.39 is 0 Å². The molecule has 0 radical (unpaired) electrons. The number of ether oxygens (including phenoxy) is 1. The molecule has 0 amide bonds. The molecule has 1 saturated heterocycles. The minimum absolute atomic E-state index is 0.453. The number of halogens is 1. The van der Waals surface area contributed by atoms with Crippen LogP contribution in [0.4, 0.5) is 0 Å². The van der Waals surface area contributed by atoms with Crippen molar-refractivity contribution >= 4 is 11.6 Å². The van der Waals surface area contributed by atoms with Crippen LogP contribution in [-0.4, -0.2) is 31.1 Å². The van der Waals surface area contributed by atoms with E-state index in [0.29, 0.717) is 17.9 Å². The summed E-state index contributed by atoms with van der Waals surface area (Å²) in [6.45, 7) is 4.72. The van der Waals surface area contributed by atoms with E-state index in [0.717, 1.165) is 17.2 Å². The summed E-state index contributed by atoms with van der Waals surface area (Å²) in [7, 11) is 1.76. The van der Waals surface area contributed by atoms with Gasteiger partial charge in [-0.15, -0.1) is 0 Å². The summed E-state index contributed by atoms with van der Waals surface area (Å²) < 4.78 is 5.59.